The first-order valence-electron chi connectivity index (χ1n) is 6.21. The number of hydrogen-bond acceptors (Lipinski definition) is 3. The van der Waals surface area contributed by atoms with Gasteiger partial charge in [0.15, 0.2) is 0 Å². The van der Waals surface area contributed by atoms with E-state index in [0.29, 0.717) is 16.6 Å². The molecule has 1 heterocycles. The summed E-state index contributed by atoms with van der Waals surface area (Å²) in [6.07, 6.45) is 1.81. The van der Waals surface area contributed by atoms with Gasteiger partial charge in [0.05, 0.1) is 30.1 Å². The van der Waals surface area contributed by atoms with Crippen molar-refractivity contribution in [2.45, 2.75) is 20.4 Å². The number of methoxy groups -OCH3 is 1. The summed E-state index contributed by atoms with van der Waals surface area (Å²) in [6, 6.07) is 5.32. The van der Waals surface area contributed by atoms with Crippen LogP contribution in [0.5, 0.6) is 5.75 Å². The van der Waals surface area contributed by atoms with Crippen LogP contribution in [0.1, 0.15) is 16.8 Å². The maximum absolute atomic E-state index is 6.12. The molecule has 0 aliphatic rings. The Balaban J connectivity index is 2.21. The number of pyridine rings is 1. The first kappa shape index (κ1) is 14.9. The Bertz CT molecular complexity index is 630. The Morgan fingerprint density at radius 1 is 1.25 bits per heavy atom. The second kappa shape index (κ2) is 6.33. The van der Waals surface area contributed by atoms with Gasteiger partial charge in [-0.2, -0.15) is 0 Å². The van der Waals surface area contributed by atoms with Gasteiger partial charge in [0.25, 0.3) is 0 Å². The topological polar surface area (TPSA) is 34.1 Å². The summed E-state index contributed by atoms with van der Waals surface area (Å²) in [6.45, 7) is 4.53. The second-order valence-corrected chi connectivity index (χ2v) is 5.37. The number of benzene rings is 1. The zero-order valence-electron chi connectivity index (χ0n) is 11.6. The van der Waals surface area contributed by atoms with Crippen molar-refractivity contribution in [2.75, 3.05) is 12.4 Å². The van der Waals surface area contributed by atoms with E-state index >= 15 is 0 Å². The minimum atomic E-state index is 0.558. The van der Waals surface area contributed by atoms with E-state index in [0.717, 1.165) is 28.3 Å². The predicted octanol–water partition coefficient (Wildman–Crippen LogP) is 4.63. The molecule has 0 fully saturated rings. The molecule has 0 saturated heterocycles. The van der Waals surface area contributed by atoms with Crippen molar-refractivity contribution >= 4 is 28.9 Å². The molecule has 2 aromatic rings. The molecule has 0 bridgehead atoms. The number of anilines is 1. The lowest BCUT2D eigenvalue weighted by molar-refractivity contribution is 0.407. The summed E-state index contributed by atoms with van der Waals surface area (Å²) in [5, 5.41) is 4.52. The molecular formula is C15H16Cl2N2O. The van der Waals surface area contributed by atoms with Crippen LogP contribution in [0.4, 0.5) is 5.69 Å². The Kier molecular flexibility index (Phi) is 4.73. The third kappa shape index (κ3) is 3.17. The van der Waals surface area contributed by atoms with Crippen LogP contribution < -0.4 is 10.1 Å². The van der Waals surface area contributed by atoms with Crippen molar-refractivity contribution in [3.63, 3.8) is 0 Å². The summed E-state index contributed by atoms with van der Waals surface area (Å²) < 4.78 is 5.40. The Hall–Kier alpha value is -1.45. The standard InChI is InChI=1S/C15H16Cl2N2O/c1-9-7-18-14(10(2)15(9)20-3)8-19-13-6-11(16)4-5-12(13)17/h4-7,19H,8H2,1-3H3. The highest BCUT2D eigenvalue weighted by Crippen LogP contribution is 2.28. The van der Waals surface area contributed by atoms with Gasteiger partial charge in [0, 0.05) is 22.3 Å². The molecule has 0 aliphatic carbocycles. The average molecular weight is 311 g/mol. The van der Waals surface area contributed by atoms with E-state index in [9.17, 15) is 0 Å². The molecule has 3 nitrogen and oxygen atoms in total. The largest absolute Gasteiger partial charge is 0.496 e. The molecule has 20 heavy (non-hydrogen) atoms. The molecule has 0 aliphatic heterocycles. The van der Waals surface area contributed by atoms with Crippen LogP contribution in [-0.4, -0.2) is 12.1 Å². The minimum absolute atomic E-state index is 0.558. The van der Waals surface area contributed by atoms with Crippen LogP contribution in [0.15, 0.2) is 24.4 Å². The van der Waals surface area contributed by atoms with Crippen molar-refractivity contribution in [3.05, 3.63) is 51.3 Å². The minimum Gasteiger partial charge on any atom is -0.496 e. The third-order valence-electron chi connectivity index (χ3n) is 3.12. The van der Waals surface area contributed by atoms with Crippen molar-refractivity contribution in [1.82, 2.24) is 4.98 Å². The summed E-state index contributed by atoms with van der Waals surface area (Å²) in [5.74, 6) is 0.869. The van der Waals surface area contributed by atoms with E-state index in [1.807, 2.05) is 20.0 Å². The highest BCUT2D eigenvalue weighted by molar-refractivity contribution is 6.35. The Morgan fingerprint density at radius 3 is 2.70 bits per heavy atom. The van der Waals surface area contributed by atoms with Gasteiger partial charge in [-0.05, 0) is 32.0 Å². The molecule has 0 radical (unpaired) electrons. The van der Waals surface area contributed by atoms with Crippen LogP contribution in [-0.2, 0) is 6.54 Å². The fourth-order valence-corrected chi connectivity index (χ4v) is 2.42. The van der Waals surface area contributed by atoms with Gasteiger partial charge in [-0.3, -0.25) is 4.98 Å². The van der Waals surface area contributed by atoms with Gasteiger partial charge >= 0.3 is 0 Å². The summed E-state index contributed by atoms with van der Waals surface area (Å²) in [7, 11) is 1.67. The molecule has 0 atom stereocenters. The summed E-state index contributed by atoms with van der Waals surface area (Å²) in [5.41, 5.74) is 3.76. The van der Waals surface area contributed by atoms with E-state index < -0.39 is 0 Å². The fourth-order valence-electron chi connectivity index (χ4n) is 2.06. The third-order valence-corrected chi connectivity index (χ3v) is 3.69. The number of halogens is 2. The Labute approximate surface area is 128 Å². The lowest BCUT2D eigenvalue weighted by Gasteiger charge is -2.14. The van der Waals surface area contributed by atoms with E-state index in [4.69, 9.17) is 27.9 Å². The number of hydrogen-bond donors (Lipinski definition) is 1. The number of rotatable bonds is 4. The maximum atomic E-state index is 6.12. The molecule has 0 spiro atoms. The molecule has 2 rings (SSSR count). The van der Waals surface area contributed by atoms with Gasteiger partial charge in [0.2, 0.25) is 0 Å². The summed E-state index contributed by atoms with van der Waals surface area (Å²) in [4.78, 5) is 4.44. The van der Waals surface area contributed by atoms with Crippen LogP contribution in [0.25, 0.3) is 0 Å². The number of aryl methyl sites for hydroxylation is 1. The molecular weight excluding hydrogens is 295 g/mol. The predicted molar refractivity (Wildman–Crippen MR) is 84.1 cm³/mol. The quantitative estimate of drug-likeness (QED) is 0.894. The van der Waals surface area contributed by atoms with Crippen LogP contribution in [0.2, 0.25) is 10.0 Å². The average Bonchev–Trinajstić information content (AvgIpc) is 2.42. The highest BCUT2D eigenvalue weighted by atomic mass is 35.5. The molecule has 1 N–H and O–H groups in total. The number of ether oxygens (including phenoxy) is 1. The molecule has 0 saturated carbocycles. The van der Waals surface area contributed by atoms with Crippen LogP contribution in [0.3, 0.4) is 0 Å². The molecule has 0 unspecified atom stereocenters. The normalized spacial score (nSPS) is 10.4. The molecule has 106 valence electrons. The van der Waals surface area contributed by atoms with Gasteiger partial charge < -0.3 is 10.1 Å². The molecule has 1 aromatic heterocycles. The second-order valence-electron chi connectivity index (χ2n) is 4.52. The van der Waals surface area contributed by atoms with E-state index in [-0.39, 0.29) is 0 Å². The molecule has 5 heteroatoms. The van der Waals surface area contributed by atoms with E-state index in [2.05, 4.69) is 10.3 Å². The molecule has 0 amide bonds. The zero-order chi connectivity index (χ0) is 14.7. The van der Waals surface area contributed by atoms with E-state index in [1.165, 1.54) is 0 Å². The smallest absolute Gasteiger partial charge is 0.128 e. The monoisotopic (exact) mass is 310 g/mol. The van der Waals surface area contributed by atoms with E-state index in [1.54, 1.807) is 25.3 Å². The Morgan fingerprint density at radius 2 is 2.00 bits per heavy atom. The van der Waals surface area contributed by atoms with Gasteiger partial charge in [-0.15, -0.1) is 0 Å². The fraction of sp³-hybridized carbons (Fsp3) is 0.267. The SMILES string of the molecule is COc1c(C)cnc(CNc2cc(Cl)ccc2Cl)c1C. The van der Waals surface area contributed by atoms with Crippen molar-refractivity contribution < 1.29 is 4.74 Å². The molecule has 1 aromatic carbocycles. The number of nitrogens with one attached hydrogen (secondary N) is 1. The van der Waals surface area contributed by atoms with Crippen molar-refractivity contribution in [1.29, 1.82) is 0 Å². The van der Waals surface area contributed by atoms with Crippen LogP contribution in [0, 0.1) is 13.8 Å². The van der Waals surface area contributed by atoms with Crippen LogP contribution >= 0.6 is 23.2 Å². The van der Waals surface area contributed by atoms with Gasteiger partial charge in [-0.25, -0.2) is 0 Å². The zero-order valence-corrected chi connectivity index (χ0v) is 13.1. The maximum Gasteiger partial charge on any atom is 0.128 e. The van der Waals surface area contributed by atoms with Gasteiger partial charge in [-0.1, -0.05) is 23.2 Å². The number of aromatic nitrogens is 1. The summed E-state index contributed by atoms with van der Waals surface area (Å²) >= 11 is 12.1. The first-order chi connectivity index (χ1) is 9.52. The lowest BCUT2D eigenvalue weighted by atomic mass is 10.1. The lowest BCUT2D eigenvalue weighted by Crippen LogP contribution is -2.06. The van der Waals surface area contributed by atoms with Gasteiger partial charge in [0.1, 0.15) is 5.75 Å². The number of nitrogens with zero attached hydrogens (tertiary/aromatic N) is 1. The first-order valence-corrected chi connectivity index (χ1v) is 6.96. The highest BCUT2D eigenvalue weighted by Gasteiger charge is 2.10. The van der Waals surface area contributed by atoms with Crippen molar-refractivity contribution in [3.8, 4) is 5.75 Å². The van der Waals surface area contributed by atoms with Crippen molar-refractivity contribution in [2.24, 2.45) is 0 Å².